The van der Waals surface area contributed by atoms with Crippen LogP contribution in [-0.2, 0) is 0 Å². The van der Waals surface area contributed by atoms with E-state index in [2.05, 4.69) is 47.5 Å². The smallest absolute Gasteiger partial charge is 0.0506 e. The lowest BCUT2D eigenvalue weighted by Gasteiger charge is -2.56. The first-order valence-corrected chi connectivity index (χ1v) is 8.47. The number of fused-ring (bicyclic) bond motifs is 2. The van der Waals surface area contributed by atoms with E-state index in [1.54, 1.807) is 0 Å². The van der Waals surface area contributed by atoms with E-state index >= 15 is 0 Å². The van der Waals surface area contributed by atoms with E-state index < -0.39 is 0 Å². The minimum Gasteiger partial charge on any atom is -0.293 e. The summed E-state index contributed by atoms with van der Waals surface area (Å²) in [6, 6.07) is 1.66. The van der Waals surface area contributed by atoms with Crippen molar-refractivity contribution in [3.8, 4) is 0 Å². The van der Waals surface area contributed by atoms with Gasteiger partial charge in [-0.25, -0.2) is 0 Å². The monoisotopic (exact) mass is 280 g/mol. The van der Waals surface area contributed by atoms with Crippen LogP contribution >= 0.6 is 0 Å². The van der Waals surface area contributed by atoms with Crippen molar-refractivity contribution in [2.24, 2.45) is 11.8 Å². The maximum Gasteiger partial charge on any atom is 0.0506 e. The molecule has 4 nitrogen and oxygen atoms in total. The molecule has 1 aliphatic carbocycles. The van der Waals surface area contributed by atoms with Crippen LogP contribution in [0.1, 0.15) is 26.7 Å². The van der Waals surface area contributed by atoms with Crippen molar-refractivity contribution in [2.75, 3.05) is 53.6 Å². The molecule has 0 N–H and O–H groups in total. The van der Waals surface area contributed by atoms with Gasteiger partial charge in [0.05, 0.1) is 13.3 Å². The molecule has 2 saturated heterocycles. The van der Waals surface area contributed by atoms with E-state index in [0.717, 1.165) is 23.9 Å². The standard InChI is InChI=1S/C16H32N4/c1-5-19-11-17(3)9-13-7-14-10-18(4)12-20(6-2)16(14)8-15(13)19/h13-16H,5-12H2,1-4H3. The third kappa shape index (κ3) is 2.63. The van der Waals surface area contributed by atoms with Crippen LogP contribution in [0.2, 0.25) is 0 Å². The van der Waals surface area contributed by atoms with Crippen molar-refractivity contribution < 1.29 is 0 Å². The van der Waals surface area contributed by atoms with Crippen LogP contribution in [0.3, 0.4) is 0 Å². The maximum atomic E-state index is 2.72. The van der Waals surface area contributed by atoms with Crippen LogP contribution in [-0.4, -0.2) is 85.3 Å². The Morgan fingerprint density at radius 1 is 0.750 bits per heavy atom. The molecule has 2 aliphatic heterocycles. The topological polar surface area (TPSA) is 13.0 Å². The van der Waals surface area contributed by atoms with Crippen LogP contribution in [0.25, 0.3) is 0 Å². The van der Waals surface area contributed by atoms with E-state index in [1.165, 1.54) is 52.4 Å². The Hall–Kier alpha value is -0.160. The van der Waals surface area contributed by atoms with Crippen molar-refractivity contribution in [2.45, 2.75) is 38.8 Å². The van der Waals surface area contributed by atoms with Crippen molar-refractivity contribution in [3.05, 3.63) is 0 Å². The molecule has 0 aromatic heterocycles. The molecule has 20 heavy (non-hydrogen) atoms. The number of hydrogen-bond donors (Lipinski definition) is 0. The van der Waals surface area contributed by atoms with Gasteiger partial charge < -0.3 is 0 Å². The van der Waals surface area contributed by atoms with Crippen molar-refractivity contribution in [1.29, 1.82) is 0 Å². The van der Waals surface area contributed by atoms with Gasteiger partial charge in [0.15, 0.2) is 0 Å². The summed E-state index contributed by atoms with van der Waals surface area (Å²) >= 11 is 0. The molecule has 116 valence electrons. The summed E-state index contributed by atoms with van der Waals surface area (Å²) in [7, 11) is 4.58. The fourth-order valence-electron chi connectivity index (χ4n) is 5.04. The third-order valence-electron chi connectivity index (χ3n) is 5.87. The SMILES string of the molecule is CCN1CN(C)CC2CC3CN(C)CN(CC)C3CC21. The molecule has 0 amide bonds. The zero-order valence-electron chi connectivity index (χ0n) is 13.8. The summed E-state index contributed by atoms with van der Waals surface area (Å²) in [6.07, 6.45) is 2.83. The molecule has 4 heteroatoms. The fraction of sp³-hybridized carbons (Fsp3) is 1.00. The van der Waals surface area contributed by atoms with Crippen LogP contribution in [0.15, 0.2) is 0 Å². The van der Waals surface area contributed by atoms with E-state index in [1.807, 2.05) is 0 Å². The van der Waals surface area contributed by atoms with Crippen LogP contribution in [0.5, 0.6) is 0 Å². The summed E-state index contributed by atoms with van der Waals surface area (Å²) < 4.78 is 0. The summed E-state index contributed by atoms with van der Waals surface area (Å²) in [5.41, 5.74) is 0. The molecule has 0 aromatic rings. The summed E-state index contributed by atoms with van der Waals surface area (Å²) in [5, 5.41) is 0. The summed E-state index contributed by atoms with van der Waals surface area (Å²) in [6.45, 7) is 12.0. The molecule has 2 heterocycles. The lowest BCUT2D eigenvalue weighted by molar-refractivity contribution is -0.0825. The van der Waals surface area contributed by atoms with Crippen molar-refractivity contribution in [1.82, 2.24) is 19.6 Å². The summed E-state index contributed by atoms with van der Waals surface area (Å²) in [5.74, 6) is 1.78. The van der Waals surface area contributed by atoms with Gasteiger partial charge in [0, 0.05) is 25.2 Å². The average Bonchev–Trinajstić information content (AvgIpc) is 2.43. The predicted molar refractivity (Wildman–Crippen MR) is 83.5 cm³/mol. The first-order chi connectivity index (χ1) is 9.62. The first-order valence-electron chi connectivity index (χ1n) is 8.47. The van der Waals surface area contributed by atoms with E-state index in [9.17, 15) is 0 Å². The molecule has 3 fully saturated rings. The van der Waals surface area contributed by atoms with Gasteiger partial charge in [-0.3, -0.25) is 19.6 Å². The molecular weight excluding hydrogens is 248 g/mol. The summed E-state index contributed by atoms with van der Waals surface area (Å²) in [4.78, 5) is 10.5. The van der Waals surface area contributed by atoms with Crippen LogP contribution in [0, 0.1) is 11.8 Å². The van der Waals surface area contributed by atoms with Gasteiger partial charge in [-0.05, 0) is 51.9 Å². The lowest BCUT2D eigenvalue weighted by atomic mass is 9.71. The molecule has 0 bridgehead atoms. The Bertz CT molecular complexity index is 304. The Morgan fingerprint density at radius 3 is 1.60 bits per heavy atom. The highest BCUT2D eigenvalue weighted by molar-refractivity contribution is 4.99. The minimum absolute atomic E-state index is 0.829. The van der Waals surface area contributed by atoms with E-state index in [0.29, 0.717) is 0 Å². The van der Waals surface area contributed by atoms with Crippen LogP contribution < -0.4 is 0 Å². The number of hydrogen-bond acceptors (Lipinski definition) is 4. The molecule has 0 aromatic carbocycles. The van der Waals surface area contributed by atoms with Crippen molar-refractivity contribution >= 4 is 0 Å². The highest BCUT2D eigenvalue weighted by Crippen LogP contribution is 2.39. The Balaban J connectivity index is 1.76. The number of rotatable bonds is 2. The quantitative estimate of drug-likeness (QED) is 0.753. The highest BCUT2D eigenvalue weighted by atomic mass is 15.4. The van der Waals surface area contributed by atoms with Gasteiger partial charge in [-0.2, -0.15) is 0 Å². The van der Waals surface area contributed by atoms with Gasteiger partial charge >= 0.3 is 0 Å². The molecule has 0 radical (unpaired) electrons. The Labute approximate surface area is 124 Å². The molecule has 3 rings (SSSR count). The third-order valence-corrected chi connectivity index (χ3v) is 5.87. The van der Waals surface area contributed by atoms with Crippen molar-refractivity contribution in [3.63, 3.8) is 0 Å². The van der Waals surface area contributed by atoms with Gasteiger partial charge in [-0.15, -0.1) is 0 Å². The normalized spacial score (nSPS) is 41.4. The molecule has 3 aliphatic rings. The molecular formula is C16H32N4. The highest BCUT2D eigenvalue weighted by Gasteiger charge is 2.45. The van der Waals surface area contributed by atoms with Gasteiger partial charge in [0.25, 0.3) is 0 Å². The minimum atomic E-state index is 0.829. The maximum absolute atomic E-state index is 2.72. The largest absolute Gasteiger partial charge is 0.293 e. The Morgan fingerprint density at radius 2 is 1.20 bits per heavy atom. The van der Waals surface area contributed by atoms with Gasteiger partial charge in [-0.1, -0.05) is 13.8 Å². The van der Waals surface area contributed by atoms with Gasteiger partial charge in [0.1, 0.15) is 0 Å². The molecule has 1 saturated carbocycles. The molecule has 4 atom stereocenters. The zero-order valence-corrected chi connectivity index (χ0v) is 13.8. The van der Waals surface area contributed by atoms with Crippen LogP contribution in [0.4, 0.5) is 0 Å². The average molecular weight is 280 g/mol. The second kappa shape index (κ2) is 5.91. The first kappa shape index (κ1) is 14.8. The van der Waals surface area contributed by atoms with E-state index in [4.69, 9.17) is 0 Å². The Kier molecular flexibility index (Phi) is 4.37. The second-order valence-corrected chi connectivity index (χ2v) is 7.30. The fourth-order valence-corrected chi connectivity index (χ4v) is 5.04. The predicted octanol–water partition coefficient (Wildman–Crippen LogP) is 1.20. The zero-order chi connectivity index (χ0) is 14.3. The molecule has 4 unspecified atom stereocenters. The second-order valence-electron chi connectivity index (χ2n) is 7.30. The molecule has 0 spiro atoms. The van der Waals surface area contributed by atoms with Gasteiger partial charge in [0.2, 0.25) is 0 Å². The lowest BCUT2D eigenvalue weighted by Crippen LogP contribution is -2.64. The number of nitrogens with zero attached hydrogens (tertiary/aromatic N) is 4. The van der Waals surface area contributed by atoms with E-state index in [-0.39, 0.29) is 0 Å².